The second kappa shape index (κ2) is 5.86. The quantitative estimate of drug-likeness (QED) is 0.929. The van der Waals surface area contributed by atoms with Crippen LogP contribution < -0.4 is 0 Å². The first kappa shape index (κ1) is 15.5. The second-order valence-corrected chi connectivity index (χ2v) is 8.43. The molecule has 1 aromatic rings. The number of hydrogen-bond donors (Lipinski definition) is 1. The lowest BCUT2D eigenvalue weighted by molar-refractivity contribution is 0.0135. The largest absolute Gasteiger partial charge is 0.389 e. The minimum atomic E-state index is -3.28. The minimum absolute atomic E-state index is 0.0253. The zero-order valence-electron chi connectivity index (χ0n) is 12.3. The van der Waals surface area contributed by atoms with Crippen molar-refractivity contribution in [1.82, 2.24) is 0 Å². The fourth-order valence-electron chi connectivity index (χ4n) is 2.91. The van der Waals surface area contributed by atoms with Crippen molar-refractivity contribution in [2.75, 3.05) is 5.75 Å². The summed E-state index contributed by atoms with van der Waals surface area (Å²) >= 11 is 0. The molecule has 0 unspecified atom stereocenters. The van der Waals surface area contributed by atoms with E-state index in [9.17, 15) is 13.5 Å². The van der Waals surface area contributed by atoms with E-state index in [4.69, 9.17) is 0 Å². The third-order valence-corrected chi connectivity index (χ3v) is 6.06. The Morgan fingerprint density at radius 3 is 2.45 bits per heavy atom. The van der Waals surface area contributed by atoms with Crippen LogP contribution in [-0.2, 0) is 15.6 Å². The van der Waals surface area contributed by atoms with Crippen molar-refractivity contribution in [3.05, 3.63) is 35.4 Å². The average molecular weight is 296 g/mol. The fourth-order valence-corrected chi connectivity index (χ4v) is 4.92. The first-order chi connectivity index (χ1) is 9.30. The molecule has 0 bridgehead atoms. The Morgan fingerprint density at radius 1 is 1.25 bits per heavy atom. The van der Waals surface area contributed by atoms with Gasteiger partial charge in [-0.2, -0.15) is 0 Å². The Bertz CT molecular complexity index is 555. The Kier molecular flexibility index (Phi) is 4.55. The lowest BCUT2D eigenvalue weighted by Crippen LogP contribution is -2.40. The van der Waals surface area contributed by atoms with Crippen LogP contribution in [0.2, 0.25) is 0 Å². The fraction of sp³-hybridized carbons (Fsp3) is 0.625. The normalized spacial score (nSPS) is 27.4. The summed E-state index contributed by atoms with van der Waals surface area (Å²) < 4.78 is 24.7. The average Bonchev–Trinajstić information content (AvgIpc) is 2.35. The number of rotatable bonds is 4. The molecule has 0 spiro atoms. The van der Waals surface area contributed by atoms with Gasteiger partial charge in [0.15, 0.2) is 9.84 Å². The molecule has 1 fully saturated rings. The van der Waals surface area contributed by atoms with Gasteiger partial charge in [-0.15, -0.1) is 0 Å². The molecule has 1 aromatic carbocycles. The van der Waals surface area contributed by atoms with E-state index in [1.807, 2.05) is 31.2 Å². The molecular weight excluding hydrogens is 272 g/mol. The Hall–Kier alpha value is -0.870. The van der Waals surface area contributed by atoms with Gasteiger partial charge in [0.25, 0.3) is 0 Å². The number of aliphatic hydroxyl groups is 1. The Labute approximate surface area is 121 Å². The van der Waals surface area contributed by atoms with Crippen LogP contribution in [0, 0.1) is 12.8 Å². The predicted octanol–water partition coefficient (Wildman–Crippen LogP) is 2.85. The van der Waals surface area contributed by atoms with Crippen molar-refractivity contribution >= 4 is 9.84 Å². The van der Waals surface area contributed by atoms with Gasteiger partial charge < -0.3 is 5.11 Å². The third kappa shape index (κ3) is 4.06. The highest BCUT2D eigenvalue weighted by molar-refractivity contribution is 7.90. The topological polar surface area (TPSA) is 54.4 Å². The lowest BCUT2D eigenvalue weighted by atomic mass is 9.81. The van der Waals surface area contributed by atoms with E-state index in [-0.39, 0.29) is 11.5 Å². The Balaban J connectivity index is 2.06. The molecule has 0 atom stereocenters. The van der Waals surface area contributed by atoms with Crippen molar-refractivity contribution in [1.29, 1.82) is 0 Å². The highest BCUT2D eigenvalue weighted by Gasteiger charge is 2.36. The maximum absolute atomic E-state index is 12.3. The predicted molar refractivity (Wildman–Crippen MR) is 81.3 cm³/mol. The molecule has 0 heterocycles. The van der Waals surface area contributed by atoms with Gasteiger partial charge in [-0.25, -0.2) is 8.42 Å². The van der Waals surface area contributed by atoms with Crippen LogP contribution in [0.5, 0.6) is 0 Å². The van der Waals surface area contributed by atoms with Gasteiger partial charge in [0.2, 0.25) is 0 Å². The van der Waals surface area contributed by atoms with Crippen LogP contribution in [0.25, 0.3) is 0 Å². The molecule has 0 radical (unpaired) electrons. The van der Waals surface area contributed by atoms with Crippen molar-refractivity contribution in [3.63, 3.8) is 0 Å². The first-order valence-electron chi connectivity index (χ1n) is 7.27. The summed E-state index contributed by atoms with van der Waals surface area (Å²) in [5.74, 6) is 0.507. The van der Waals surface area contributed by atoms with Crippen molar-refractivity contribution in [2.24, 2.45) is 5.92 Å². The summed E-state index contributed by atoms with van der Waals surface area (Å²) in [4.78, 5) is 0. The van der Waals surface area contributed by atoms with Gasteiger partial charge in [0, 0.05) is 0 Å². The van der Waals surface area contributed by atoms with E-state index in [2.05, 4.69) is 6.92 Å². The molecular formula is C16H24O3S. The van der Waals surface area contributed by atoms with Crippen LogP contribution in [0.1, 0.15) is 43.7 Å². The summed E-state index contributed by atoms with van der Waals surface area (Å²) in [7, 11) is -3.28. The summed E-state index contributed by atoms with van der Waals surface area (Å²) in [6.07, 6.45) is 3.02. The van der Waals surface area contributed by atoms with Gasteiger partial charge in [0.1, 0.15) is 0 Å². The molecule has 0 saturated heterocycles. The molecule has 1 N–H and O–H groups in total. The molecule has 1 aliphatic carbocycles. The van der Waals surface area contributed by atoms with Gasteiger partial charge in [-0.05, 0) is 49.7 Å². The van der Waals surface area contributed by atoms with E-state index in [0.29, 0.717) is 18.8 Å². The van der Waals surface area contributed by atoms with E-state index in [1.165, 1.54) is 0 Å². The van der Waals surface area contributed by atoms with Gasteiger partial charge >= 0.3 is 0 Å². The van der Waals surface area contributed by atoms with Crippen molar-refractivity contribution < 1.29 is 13.5 Å². The molecule has 1 saturated carbocycles. The van der Waals surface area contributed by atoms with Crippen LogP contribution in [0.4, 0.5) is 0 Å². The molecule has 0 aliphatic heterocycles. The van der Waals surface area contributed by atoms with Gasteiger partial charge in [-0.3, -0.25) is 0 Å². The third-order valence-electron chi connectivity index (χ3n) is 4.33. The van der Waals surface area contributed by atoms with Crippen LogP contribution in [0.15, 0.2) is 24.3 Å². The van der Waals surface area contributed by atoms with Crippen LogP contribution in [-0.4, -0.2) is 24.9 Å². The molecule has 20 heavy (non-hydrogen) atoms. The zero-order chi connectivity index (χ0) is 14.8. The van der Waals surface area contributed by atoms with E-state index in [0.717, 1.165) is 24.0 Å². The molecule has 2 rings (SSSR count). The van der Waals surface area contributed by atoms with Crippen LogP contribution in [0.3, 0.4) is 0 Å². The maximum atomic E-state index is 12.3. The molecule has 3 nitrogen and oxygen atoms in total. The summed E-state index contributed by atoms with van der Waals surface area (Å²) in [5, 5.41) is 10.5. The number of hydrogen-bond acceptors (Lipinski definition) is 3. The first-order valence-corrected chi connectivity index (χ1v) is 9.09. The van der Waals surface area contributed by atoms with Crippen molar-refractivity contribution in [2.45, 2.75) is 50.9 Å². The molecule has 1 aliphatic rings. The van der Waals surface area contributed by atoms with Crippen LogP contribution >= 0.6 is 0 Å². The van der Waals surface area contributed by atoms with Crippen molar-refractivity contribution in [3.8, 4) is 0 Å². The maximum Gasteiger partial charge on any atom is 0.157 e. The smallest absolute Gasteiger partial charge is 0.157 e. The van der Waals surface area contributed by atoms with E-state index >= 15 is 0 Å². The van der Waals surface area contributed by atoms with Gasteiger partial charge in [-0.1, -0.05) is 31.2 Å². The summed E-state index contributed by atoms with van der Waals surface area (Å²) in [5.41, 5.74) is 0.800. The number of sulfone groups is 1. The zero-order valence-corrected chi connectivity index (χ0v) is 13.1. The molecule has 0 amide bonds. The summed E-state index contributed by atoms with van der Waals surface area (Å²) in [6.45, 7) is 4.07. The van der Waals surface area contributed by atoms with E-state index < -0.39 is 15.4 Å². The number of benzene rings is 1. The highest BCUT2D eigenvalue weighted by atomic mass is 32.2. The lowest BCUT2D eigenvalue weighted by Gasteiger charge is -2.34. The molecule has 4 heteroatoms. The Morgan fingerprint density at radius 2 is 1.85 bits per heavy atom. The monoisotopic (exact) mass is 296 g/mol. The minimum Gasteiger partial charge on any atom is -0.389 e. The number of aryl methyl sites for hydroxylation is 1. The van der Waals surface area contributed by atoms with Gasteiger partial charge in [0.05, 0.1) is 17.1 Å². The standard InChI is InChI=1S/C16H24O3S/c1-13-7-9-16(17,10-8-13)12-20(18,19)11-15-6-4-3-5-14(15)2/h3-6,13,17H,7-12H2,1-2H3. The van der Waals surface area contributed by atoms with E-state index in [1.54, 1.807) is 0 Å². The second-order valence-electron chi connectivity index (χ2n) is 6.37. The SMILES string of the molecule is Cc1ccccc1CS(=O)(=O)CC1(O)CCC(C)CC1. The summed E-state index contributed by atoms with van der Waals surface area (Å²) in [6, 6.07) is 7.53. The molecule has 0 aromatic heterocycles. The molecule has 112 valence electrons. The highest BCUT2D eigenvalue weighted by Crippen LogP contribution is 2.33.